The van der Waals surface area contributed by atoms with E-state index in [2.05, 4.69) is 59.4 Å². The van der Waals surface area contributed by atoms with Crippen molar-refractivity contribution < 1.29 is 13.7 Å². The highest BCUT2D eigenvalue weighted by Crippen LogP contribution is 2.32. The van der Waals surface area contributed by atoms with E-state index in [0.717, 1.165) is 34.6 Å². The van der Waals surface area contributed by atoms with Gasteiger partial charge in [-0.1, -0.05) is 42.5 Å². The molecule has 4 aromatic rings. The Balaban J connectivity index is 1.63. The molecule has 4 rings (SSSR count). The lowest BCUT2D eigenvalue weighted by Gasteiger charge is -2.00. The topological polar surface area (TPSA) is 26.2 Å². The zero-order valence-electron chi connectivity index (χ0n) is 13.5. The number of methoxy groups -OCH3 is 1. The molecule has 2 aromatic carbocycles. The van der Waals surface area contributed by atoms with Gasteiger partial charge in [-0.25, -0.2) is 4.57 Å². The Morgan fingerprint density at radius 1 is 0.917 bits per heavy atom. The minimum atomic E-state index is 0.758. The molecule has 2 heterocycles. The molecule has 0 saturated heterocycles. The molecule has 0 unspecified atom stereocenters. The van der Waals surface area contributed by atoms with Crippen molar-refractivity contribution in [3.8, 4) is 17.1 Å². The van der Waals surface area contributed by atoms with Gasteiger partial charge in [0.05, 0.1) is 7.11 Å². The highest BCUT2D eigenvalue weighted by atomic mass is 16.5. The van der Waals surface area contributed by atoms with Crippen molar-refractivity contribution in [2.45, 2.75) is 6.54 Å². The molecule has 0 atom stereocenters. The van der Waals surface area contributed by atoms with Crippen LogP contribution in [0.25, 0.3) is 22.3 Å². The summed E-state index contributed by atoms with van der Waals surface area (Å²) in [7, 11) is 1.66. The monoisotopic (exact) mass is 316 g/mol. The van der Waals surface area contributed by atoms with Gasteiger partial charge in [0.2, 0.25) is 0 Å². The minimum absolute atomic E-state index is 0.758. The summed E-state index contributed by atoms with van der Waals surface area (Å²) in [6, 6.07) is 22.5. The number of benzene rings is 2. The zero-order chi connectivity index (χ0) is 16.4. The van der Waals surface area contributed by atoms with Gasteiger partial charge in [-0.2, -0.15) is 0 Å². The first-order chi connectivity index (χ1) is 11.8. The molecule has 0 spiro atoms. The van der Waals surface area contributed by atoms with Gasteiger partial charge in [-0.05, 0) is 12.1 Å². The van der Waals surface area contributed by atoms with E-state index >= 15 is 0 Å². The molecule has 0 radical (unpaired) electrons. The van der Waals surface area contributed by atoms with Crippen LogP contribution in [0.3, 0.4) is 0 Å². The van der Waals surface area contributed by atoms with Crippen molar-refractivity contribution >= 4 is 11.0 Å². The summed E-state index contributed by atoms with van der Waals surface area (Å²) < 4.78 is 13.5. The fourth-order valence-electron chi connectivity index (χ4n) is 2.86. The lowest BCUT2D eigenvalue weighted by atomic mass is 10.2. The van der Waals surface area contributed by atoms with Gasteiger partial charge >= 0.3 is 0 Å². The SMILES string of the molecule is COc1cccc2cc(-c3cc[n+](Cc4ccccc4)cc3)oc12. The Morgan fingerprint density at radius 2 is 1.71 bits per heavy atom. The number of fused-ring (bicyclic) bond motifs is 1. The maximum absolute atomic E-state index is 6.00. The third-order valence-electron chi connectivity index (χ3n) is 4.11. The maximum atomic E-state index is 6.00. The van der Waals surface area contributed by atoms with Crippen LogP contribution in [0.15, 0.2) is 83.5 Å². The maximum Gasteiger partial charge on any atom is 0.176 e. The normalized spacial score (nSPS) is 10.9. The largest absolute Gasteiger partial charge is 0.493 e. The lowest BCUT2D eigenvalue weighted by Crippen LogP contribution is -2.32. The Morgan fingerprint density at radius 3 is 2.46 bits per heavy atom. The third-order valence-corrected chi connectivity index (χ3v) is 4.11. The molecule has 0 aliphatic rings. The number of rotatable bonds is 4. The average Bonchev–Trinajstić information content (AvgIpc) is 3.07. The summed E-state index contributed by atoms with van der Waals surface area (Å²) in [5.41, 5.74) is 3.12. The van der Waals surface area contributed by atoms with E-state index in [-0.39, 0.29) is 0 Å². The summed E-state index contributed by atoms with van der Waals surface area (Å²) >= 11 is 0. The van der Waals surface area contributed by atoms with E-state index in [9.17, 15) is 0 Å². The van der Waals surface area contributed by atoms with Gasteiger partial charge < -0.3 is 9.15 Å². The van der Waals surface area contributed by atoms with Gasteiger partial charge in [0.25, 0.3) is 0 Å². The first-order valence-corrected chi connectivity index (χ1v) is 7.93. The molecule has 0 N–H and O–H groups in total. The van der Waals surface area contributed by atoms with Gasteiger partial charge in [0.15, 0.2) is 30.3 Å². The molecular weight excluding hydrogens is 298 g/mol. The van der Waals surface area contributed by atoms with E-state index in [1.807, 2.05) is 24.3 Å². The molecule has 3 heteroatoms. The summed E-state index contributed by atoms with van der Waals surface area (Å²) in [5, 5.41) is 1.05. The molecule has 3 nitrogen and oxygen atoms in total. The number of hydrogen-bond acceptors (Lipinski definition) is 2. The van der Waals surface area contributed by atoms with Crippen LogP contribution in [-0.2, 0) is 6.54 Å². The van der Waals surface area contributed by atoms with Crippen LogP contribution in [0.5, 0.6) is 5.75 Å². The van der Waals surface area contributed by atoms with Gasteiger partial charge in [-0.15, -0.1) is 0 Å². The molecule has 0 saturated carbocycles. The number of para-hydroxylation sites is 1. The summed E-state index contributed by atoms with van der Waals surface area (Å²) in [6.45, 7) is 0.856. The van der Waals surface area contributed by atoms with Crippen molar-refractivity contribution in [3.63, 3.8) is 0 Å². The molecule has 0 aliphatic carbocycles. The van der Waals surface area contributed by atoms with Crippen LogP contribution in [0.2, 0.25) is 0 Å². The minimum Gasteiger partial charge on any atom is -0.493 e. The van der Waals surface area contributed by atoms with Crippen molar-refractivity contribution in [2.75, 3.05) is 7.11 Å². The zero-order valence-corrected chi connectivity index (χ0v) is 13.5. The van der Waals surface area contributed by atoms with E-state index in [1.54, 1.807) is 7.11 Å². The van der Waals surface area contributed by atoms with Crippen LogP contribution in [0.4, 0.5) is 0 Å². The molecule has 0 bridgehead atoms. The second kappa shape index (κ2) is 6.20. The average molecular weight is 316 g/mol. The quantitative estimate of drug-likeness (QED) is 0.520. The van der Waals surface area contributed by atoms with Crippen molar-refractivity contribution in [3.05, 3.63) is 84.7 Å². The fourth-order valence-corrected chi connectivity index (χ4v) is 2.86. The Hall–Kier alpha value is -3.07. The first kappa shape index (κ1) is 14.5. The Labute approximate surface area is 140 Å². The van der Waals surface area contributed by atoms with Gasteiger partial charge in [0.1, 0.15) is 5.76 Å². The number of aromatic nitrogens is 1. The Kier molecular flexibility index (Phi) is 3.75. The summed E-state index contributed by atoms with van der Waals surface area (Å²) in [4.78, 5) is 0. The van der Waals surface area contributed by atoms with Crippen LogP contribution in [-0.4, -0.2) is 7.11 Å². The predicted octanol–water partition coefficient (Wildman–Crippen LogP) is 4.44. The second-order valence-electron chi connectivity index (χ2n) is 5.73. The summed E-state index contributed by atoms with van der Waals surface area (Å²) in [5.74, 6) is 1.61. The number of hydrogen-bond donors (Lipinski definition) is 0. The fraction of sp³-hybridized carbons (Fsp3) is 0.0952. The summed E-state index contributed by atoms with van der Waals surface area (Å²) in [6.07, 6.45) is 4.15. The van der Waals surface area contributed by atoms with E-state index in [0.29, 0.717) is 0 Å². The van der Waals surface area contributed by atoms with Gasteiger partial charge in [0, 0.05) is 28.6 Å². The molecular formula is C21H18NO2+. The van der Waals surface area contributed by atoms with E-state index < -0.39 is 0 Å². The first-order valence-electron chi connectivity index (χ1n) is 7.93. The molecule has 118 valence electrons. The number of ether oxygens (including phenoxy) is 1. The molecule has 0 aliphatic heterocycles. The molecule has 0 fully saturated rings. The Bertz CT molecular complexity index is 956. The van der Waals surface area contributed by atoms with Crippen LogP contribution in [0, 0.1) is 0 Å². The van der Waals surface area contributed by atoms with Crippen LogP contribution in [0.1, 0.15) is 5.56 Å². The van der Waals surface area contributed by atoms with Crippen LogP contribution >= 0.6 is 0 Å². The highest BCUT2D eigenvalue weighted by molar-refractivity contribution is 5.87. The molecule has 24 heavy (non-hydrogen) atoms. The lowest BCUT2D eigenvalue weighted by molar-refractivity contribution is -0.688. The van der Waals surface area contributed by atoms with Gasteiger partial charge in [-0.3, -0.25) is 0 Å². The number of pyridine rings is 1. The molecule has 2 aromatic heterocycles. The number of nitrogens with zero attached hydrogens (tertiary/aromatic N) is 1. The highest BCUT2D eigenvalue weighted by Gasteiger charge is 2.11. The second-order valence-corrected chi connectivity index (χ2v) is 5.73. The van der Waals surface area contributed by atoms with Crippen molar-refractivity contribution in [1.82, 2.24) is 0 Å². The van der Waals surface area contributed by atoms with Crippen molar-refractivity contribution in [1.29, 1.82) is 0 Å². The predicted molar refractivity (Wildman–Crippen MR) is 93.9 cm³/mol. The third kappa shape index (κ3) is 2.76. The smallest absolute Gasteiger partial charge is 0.176 e. The molecule has 0 amide bonds. The van der Waals surface area contributed by atoms with E-state index in [4.69, 9.17) is 9.15 Å². The van der Waals surface area contributed by atoms with Crippen molar-refractivity contribution in [2.24, 2.45) is 0 Å². The number of furan rings is 1. The van der Waals surface area contributed by atoms with E-state index in [1.165, 1.54) is 5.56 Å². The standard InChI is InChI=1S/C21H18NO2/c1-23-19-9-5-8-18-14-20(24-21(18)19)17-10-12-22(13-11-17)15-16-6-3-2-4-7-16/h2-14H,15H2,1H3/q+1. The van der Waals surface area contributed by atoms with Crippen LogP contribution < -0.4 is 9.30 Å².